The van der Waals surface area contributed by atoms with E-state index in [1.807, 2.05) is 106 Å². The number of alkyl halides is 3. The van der Waals surface area contributed by atoms with Crippen LogP contribution >= 0.6 is 0 Å². The third-order valence-corrected chi connectivity index (χ3v) is 8.56. The molecule has 0 saturated heterocycles. The first-order chi connectivity index (χ1) is 22.4. The number of halogens is 3. The Morgan fingerprint density at radius 3 is 1.33 bits per heavy atom. The number of fused-ring (bicyclic) bond motifs is 6. The molecule has 0 N–H and O–H groups in total. The number of hydrogen-bond donors (Lipinski definition) is 0. The van der Waals surface area contributed by atoms with Gasteiger partial charge >= 0.3 is 6.18 Å². The van der Waals surface area contributed by atoms with Gasteiger partial charge in [-0.25, -0.2) is 4.85 Å². The summed E-state index contributed by atoms with van der Waals surface area (Å²) < 4.78 is 46.2. The normalized spacial score (nSPS) is 11.8. The fourth-order valence-electron chi connectivity index (χ4n) is 6.62. The van der Waals surface area contributed by atoms with Gasteiger partial charge in [0, 0.05) is 27.1 Å². The van der Waals surface area contributed by atoms with Crippen molar-refractivity contribution in [1.29, 1.82) is 5.26 Å². The highest BCUT2D eigenvalue weighted by Crippen LogP contribution is 2.42. The Morgan fingerprint density at radius 1 is 0.565 bits per heavy atom. The van der Waals surface area contributed by atoms with E-state index in [9.17, 15) is 18.4 Å². The lowest BCUT2D eigenvalue weighted by Crippen LogP contribution is -2.06. The molecule has 8 aromatic rings. The van der Waals surface area contributed by atoms with Gasteiger partial charge in [0.15, 0.2) is 5.69 Å². The summed E-state index contributed by atoms with van der Waals surface area (Å²) >= 11 is 0. The number of para-hydroxylation sites is 4. The number of benzene rings is 6. The quantitative estimate of drug-likeness (QED) is 0.185. The Hall–Kier alpha value is -6.31. The molecular formula is C39H21F3N4. The van der Waals surface area contributed by atoms with E-state index >= 15 is 0 Å². The second kappa shape index (κ2) is 10.1. The first kappa shape index (κ1) is 27.3. The fraction of sp³-hybridized carbons (Fsp3) is 0.0256. The zero-order valence-corrected chi connectivity index (χ0v) is 24.0. The molecule has 0 radical (unpaired) electrons. The highest BCUT2D eigenvalue weighted by Gasteiger charge is 2.31. The van der Waals surface area contributed by atoms with Gasteiger partial charge in [0.1, 0.15) is 11.6 Å². The maximum atomic E-state index is 14.1. The zero-order valence-electron chi connectivity index (χ0n) is 24.0. The van der Waals surface area contributed by atoms with Gasteiger partial charge in [-0.1, -0.05) is 72.8 Å². The van der Waals surface area contributed by atoms with Crippen molar-refractivity contribution in [3.05, 3.63) is 150 Å². The Bertz CT molecular complexity index is 2370. The van der Waals surface area contributed by atoms with E-state index in [2.05, 4.69) is 10.9 Å². The van der Waals surface area contributed by atoms with E-state index in [0.29, 0.717) is 22.5 Å². The molecule has 0 aliphatic heterocycles. The molecule has 4 nitrogen and oxygen atoms in total. The Balaban J connectivity index is 1.56. The third-order valence-electron chi connectivity index (χ3n) is 8.56. The average Bonchev–Trinajstić information content (AvgIpc) is 3.60. The molecule has 0 saturated carbocycles. The Morgan fingerprint density at radius 2 is 0.957 bits per heavy atom. The minimum Gasteiger partial charge on any atom is -0.308 e. The molecule has 2 heterocycles. The first-order valence-corrected chi connectivity index (χ1v) is 14.5. The highest BCUT2D eigenvalue weighted by molar-refractivity contribution is 6.11. The summed E-state index contributed by atoms with van der Waals surface area (Å²) in [5, 5.41) is 14.9. The van der Waals surface area contributed by atoms with Crippen LogP contribution < -0.4 is 0 Å². The lowest BCUT2D eigenvalue weighted by molar-refractivity contribution is -0.137. The Labute approximate surface area is 261 Å². The molecule has 0 fully saturated rings. The predicted molar refractivity (Wildman–Crippen MR) is 177 cm³/mol. The smallest absolute Gasteiger partial charge is 0.308 e. The van der Waals surface area contributed by atoms with Crippen molar-refractivity contribution in [2.75, 3.05) is 0 Å². The second-order valence-corrected chi connectivity index (χ2v) is 11.1. The standard InChI is InChI=1S/C39H21F3N4/c1-44-27-19-24(18-26(22-27)39(40,41)42)25-20-37(45-33-14-6-2-10-28(33)29-11-3-7-15-34(29)45)32(23-43)38(21-25)46-35-16-8-4-12-30(35)31-13-5-9-17-36(31)46/h2-22H. The molecule has 218 valence electrons. The van der Waals surface area contributed by atoms with Gasteiger partial charge < -0.3 is 9.13 Å². The van der Waals surface area contributed by atoms with E-state index in [0.717, 1.165) is 55.7 Å². The van der Waals surface area contributed by atoms with Crippen LogP contribution in [0.2, 0.25) is 0 Å². The van der Waals surface area contributed by atoms with Gasteiger partial charge in [-0.15, -0.1) is 0 Å². The summed E-state index contributed by atoms with van der Waals surface area (Å²) in [4.78, 5) is 3.36. The maximum absolute atomic E-state index is 14.1. The molecule has 0 spiro atoms. The number of rotatable bonds is 3. The first-order valence-electron chi connectivity index (χ1n) is 14.5. The van der Waals surface area contributed by atoms with Crippen LogP contribution in [0.3, 0.4) is 0 Å². The second-order valence-electron chi connectivity index (χ2n) is 11.1. The average molecular weight is 603 g/mol. The minimum atomic E-state index is -4.65. The van der Waals surface area contributed by atoms with Crippen molar-refractivity contribution in [1.82, 2.24) is 9.13 Å². The number of nitrogens with zero attached hydrogens (tertiary/aromatic N) is 4. The van der Waals surface area contributed by atoms with Crippen LogP contribution in [0, 0.1) is 17.9 Å². The number of nitriles is 1. The van der Waals surface area contributed by atoms with E-state index < -0.39 is 11.7 Å². The van der Waals surface area contributed by atoms with Crippen LogP contribution in [-0.4, -0.2) is 9.13 Å². The van der Waals surface area contributed by atoms with E-state index in [1.54, 1.807) is 12.1 Å². The molecule has 0 amide bonds. The zero-order chi connectivity index (χ0) is 31.6. The summed E-state index contributed by atoms with van der Waals surface area (Å²) in [5.74, 6) is 0. The molecule has 2 aromatic heterocycles. The molecule has 46 heavy (non-hydrogen) atoms. The molecule has 6 aromatic carbocycles. The van der Waals surface area contributed by atoms with Crippen molar-refractivity contribution in [2.24, 2.45) is 0 Å². The molecule has 0 aliphatic rings. The largest absolute Gasteiger partial charge is 0.415 e. The summed E-state index contributed by atoms with van der Waals surface area (Å²) in [5.41, 5.74) is 4.49. The van der Waals surface area contributed by atoms with E-state index in [4.69, 9.17) is 6.57 Å². The maximum Gasteiger partial charge on any atom is 0.415 e. The molecule has 8 rings (SSSR count). The molecule has 0 bridgehead atoms. The van der Waals surface area contributed by atoms with Crippen molar-refractivity contribution < 1.29 is 13.2 Å². The molecule has 7 heteroatoms. The lowest BCUT2D eigenvalue weighted by atomic mass is 9.97. The third kappa shape index (κ3) is 4.07. The van der Waals surface area contributed by atoms with Gasteiger partial charge in [0.2, 0.25) is 0 Å². The SMILES string of the molecule is [C-]#[N+]c1cc(-c2cc(-n3c4ccccc4c4ccccc43)c(C#N)c(-n3c4ccccc4c4ccccc43)c2)cc(C(F)(F)F)c1. The van der Waals surface area contributed by atoms with Crippen molar-refractivity contribution in [2.45, 2.75) is 6.18 Å². The van der Waals surface area contributed by atoms with Crippen LogP contribution in [0.1, 0.15) is 11.1 Å². The van der Waals surface area contributed by atoms with Crippen LogP contribution in [0.4, 0.5) is 18.9 Å². The summed E-state index contributed by atoms with van der Waals surface area (Å²) in [6.07, 6.45) is -4.65. The molecule has 0 atom stereocenters. The van der Waals surface area contributed by atoms with Crippen LogP contribution in [0.5, 0.6) is 0 Å². The molecule has 0 unspecified atom stereocenters. The van der Waals surface area contributed by atoms with Gasteiger partial charge in [-0.3, -0.25) is 0 Å². The monoisotopic (exact) mass is 602 g/mol. The van der Waals surface area contributed by atoms with Gasteiger partial charge in [0.05, 0.1) is 40.0 Å². The molecular weight excluding hydrogens is 581 g/mol. The topological polar surface area (TPSA) is 38.0 Å². The summed E-state index contributed by atoms with van der Waals surface area (Å²) in [6.45, 7) is 7.55. The van der Waals surface area contributed by atoms with Crippen molar-refractivity contribution in [3.63, 3.8) is 0 Å². The number of aromatic nitrogens is 2. The van der Waals surface area contributed by atoms with Gasteiger partial charge in [0.25, 0.3) is 0 Å². The lowest BCUT2D eigenvalue weighted by Gasteiger charge is -2.19. The Kier molecular flexibility index (Phi) is 6.00. The summed E-state index contributed by atoms with van der Waals surface area (Å²) in [7, 11) is 0. The van der Waals surface area contributed by atoms with Crippen LogP contribution in [0.25, 0.3) is 71.0 Å². The predicted octanol–water partition coefficient (Wildman–Crippen LogP) is 11.0. The van der Waals surface area contributed by atoms with Crippen LogP contribution in [-0.2, 0) is 6.18 Å². The highest BCUT2D eigenvalue weighted by atomic mass is 19.4. The van der Waals surface area contributed by atoms with E-state index in [-0.39, 0.29) is 11.3 Å². The molecule has 0 aliphatic carbocycles. The van der Waals surface area contributed by atoms with Gasteiger partial charge in [-0.05, 0) is 65.7 Å². The van der Waals surface area contributed by atoms with Crippen LogP contribution in [0.15, 0.2) is 127 Å². The van der Waals surface area contributed by atoms with Gasteiger partial charge in [-0.2, -0.15) is 18.4 Å². The number of hydrogen-bond acceptors (Lipinski definition) is 1. The summed E-state index contributed by atoms with van der Waals surface area (Å²) in [6, 6.07) is 40.9. The fourth-order valence-corrected chi connectivity index (χ4v) is 6.62. The minimum absolute atomic E-state index is 0.119. The van der Waals surface area contributed by atoms with Crippen molar-refractivity contribution in [3.8, 4) is 28.6 Å². The van der Waals surface area contributed by atoms with E-state index in [1.165, 1.54) is 6.07 Å². The van der Waals surface area contributed by atoms with Crippen molar-refractivity contribution >= 4 is 49.3 Å².